The number of hydrogen-bond acceptors (Lipinski definition) is 7. The normalized spacial score (nSPS) is 20.2. The zero-order valence-corrected chi connectivity index (χ0v) is 28.4. The summed E-state index contributed by atoms with van der Waals surface area (Å²) >= 11 is 3.25. The quantitative estimate of drug-likeness (QED) is 0.135. The van der Waals surface area contributed by atoms with Crippen molar-refractivity contribution in [3.05, 3.63) is 88.9 Å². The lowest BCUT2D eigenvalue weighted by molar-refractivity contribution is -0.0300. The number of unbranched alkanes of at least 4 members (excludes halogenated alkanes) is 1. The molecule has 3 aliphatic rings. The topological polar surface area (TPSA) is 62.5 Å². The summed E-state index contributed by atoms with van der Waals surface area (Å²) in [5, 5.41) is 13.1. The van der Waals surface area contributed by atoms with E-state index in [2.05, 4.69) is 102 Å². The molecule has 0 radical (unpaired) electrons. The van der Waals surface area contributed by atoms with E-state index in [-0.39, 0.29) is 5.60 Å². The van der Waals surface area contributed by atoms with Gasteiger partial charge in [0, 0.05) is 35.5 Å². The third kappa shape index (κ3) is 10.3. The zero-order chi connectivity index (χ0) is 30.6. The Bertz CT molecular complexity index is 1260. The van der Waals surface area contributed by atoms with Crippen molar-refractivity contribution in [3.63, 3.8) is 0 Å². The Balaban J connectivity index is 1.01. The van der Waals surface area contributed by atoms with E-state index >= 15 is 0 Å². The third-order valence-electron chi connectivity index (χ3n) is 9.00. The number of piperidine rings is 1. The molecule has 7 heteroatoms. The van der Waals surface area contributed by atoms with Crippen LogP contribution >= 0.6 is 23.9 Å². The molecule has 2 fully saturated rings. The minimum Gasteiger partial charge on any atom is -0.373 e. The van der Waals surface area contributed by atoms with Crippen molar-refractivity contribution in [1.82, 2.24) is 14.9 Å². The number of nitrogens with zero attached hydrogens (tertiary/aromatic N) is 1. The second-order valence-corrected chi connectivity index (χ2v) is 14.9. The van der Waals surface area contributed by atoms with Crippen molar-refractivity contribution in [2.24, 2.45) is 11.1 Å². The molecule has 1 atom stereocenters. The van der Waals surface area contributed by atoms with Crippen molar-refractivity contribution >= 4 is 23.9 Å². The van der Waals surface area contributed by atoms with Crippen LogP contribution in [0.5, 0.6) is 0 Å². The molecule has 1 unspecified atom stereocenters. The number of nitrogens with one attached hydrogen (secondary N) is 2. The van der Waals surface area contributed by atoms with E-state index in [9.17, 15) is 0 Å². The van der Waals surface area contributed by atoms with E-state index in [4.69, 9.17) is 9.88 Å². The van der Waals surface area contributed by atoms with Gasteiger partial charge in [-0.2, -0.15) is 0 Å². The highest BCUT2D eigenvalue weighted by Crippen LogP contribution is 2.39. The van der Waals surface area contributed by atoms with Crippen molar-refractivity contribution in [2.45, 2.75) is 88.3 Å². The van der Waals surface area contributed by atoms with Gasteiger partial charge in [-0.05, 0) is 135 Å². The van der Waals surface area contributed by atoms with E-state index in [0.717, 1.165) is 77.4 Å². The molecule has 44 heavy (non-hydrogen) atoms. The highest BCUT2D eigenvalue weighted by Gasteiger charge is 2.42. The van der Waals surface area contributed by atoms with Crippen LogP contribution in [-0.4, -0.2) is 48.7 Å². The number of rotatable bonds is 15. The molecule has 0 aromatic heterocycles. The summed E-state index contributed by atoms with van der Waals surface area (Å²) in [6, 6.07) is 18.5. The summed E-state index contributed by atoms with van der Waals surface area (Å²) in [4.78, 5) is 2.49. The molecule has 1 aliphatic carbocycles. The van der Waals surface area contributed by atoms with Crippen molar-refractivity contribution < 1.29 is 4.74 Å². The molecule has 1 spiro atoms. The summed E-state index contributed by atoms with van der Waals surface area (Å²) in [6.45, 7) is 10.6. The van der Waals surface area contributed by atoms with Crippen LogP contribution in [0.2, 0.25) is 0 Å². The number of hydrogen-bond donors (Lipinski definition) is 3. The monoisotopic (exact) mass is 632 g/mol. The highest BCUT2D eigenvalue weighted by atomic mass is 32.2. The summed E-state index contributed by atoms with van der Waals surface area (Å²) in [5.74, 6) is 0.744. The van der Waals surface area contributed by atoms with Crippen LogP contribution in [0.4, 0.5) is 0 Å². The van der Waals surface area contributed by atoms with E-state index in [1.165, 1.54) is 63.3 Å². The number of benzene rings is 2. The van der Waals surface area contributed by atoms with Gasteiger partial charge in [0.1, 0.15) is 0 Å². The predicted octanol–water partition coefficient (Wildman–Crippen LogP) is 8.26. The van der Waals surface area contributed by atoms with E-state index in [1.807, 2.05) is 11.9 Å². The van der Waals surface area contributed by atoms with Crippen LogP contribution in [0.25, 0.3) is 11.1 Å². The van der Waals surface area contributed by atoms with E-state index < -0.39 is 0 Å². The maximum absolute atomic E-state index is 6.47. The van der Waals surface area contributed by atoms with Gasteiger partial charge >= 0.3 is 0 Å². The molecule has 2 aromatic carbocycles. The maximum Gasteiger partial charge on any atom is 0.0724 e. The van der Waals surface area contributed by atoms with Crippen LogP contribution < -0.4 is 15.8 Å². The van der Waals surface area contributed by atoms with Gasteiger partial charge in [-0.3, -0.25) is 5.14 Å². The molecule has 5 nitrogen and oxygen atoms in total. The first kappa shape index (κ1) is 33.5. The molecule has 2 heterocycles. The van der Waals surface area contributed by atoms with E-state index in [0.29, 0.717) is 6.04 Å². The van der Waals surface area contributed by atoms with Gasteiger partial charge < -0.3 is 15.4 Å². The summed E-state index contributed by atoms with van der Waals surface area (Å²) in [7, 11) is 0. The Kier molecular flexibility index (Phi) is 13.1. The Morgan fingerprint density at radius 1 is 1.05 bits per heavy atom. The summed E-state index contributed by atoms with van der Waals surface area (Å²) < 4.78 is 9.00. The van der Waals surface area contributed by atoms with Gasteiger partial charge in [-0.15, -0.1) is 0 Å². The van der Waals surface area contributed by atoms with Gasteiger partial charge in [0.05, 0.1) is 12.2 Å². The van der Waals surface area contributed by atoms with Gasteiger partial charge in [-0.25, -0.2) is 4.31 Å². The average Bonchev–Trinajstić information content (AvgIpc) is 3.28. The molecule has 2 saturated heterocycles. The average molecular weight is 633 g/mol. The first-order valence-corrected chi connectivity index (χ1v) is 18.3. The smallest absolute Gasteiger partial charge is 0.0724 e. The molecule has 5 rings (SSSR count). The molecule has 0 saturated carbocycles. The fourth-order valence-corrected chi connectivity index (χ4v) is 7.71. The van der Waals surface area contributed by atoms with Crippen LogP contribution in [-0.2, 0) is 11.3 Å². The lowest BCUT2D eigenvalue weighted by Crippen LogP contribution is -2.42. The van der Waals surface area contributed by atoms with Gasteiger partial charge in [0.15, 0.2) is 0 Å². The van der Waals surface area contributed by atoms with E-state index in [1.54, 1.807) is 0 Å². The standard InChI is InChI=1S/C37H52N4OS2/c1-29(2)17-21-39-27-31-13-15-32(16-14-31)33-10-7-12-36(25-33)44-41-22-18-37(19-23-41)26-34(28-42-37)40-20-6-5-9-30-8-3-4-11-35(24-30)43-38/h3,7-8,10-16,24-25,29,34,39-40H,4-6,9,17-23,26-28,38H2,1-2H3. The lowest BCUT2D eigenvalue weighted by Gasteiger charge is -2.38. The maximum atomic E-state index is 6.47. The summed E-state index contributed by atoms with van der Waals surface area (Å²) in [5.41, 5.74) is 5.36. The first-order chi connectivity index (χ1) is 21.5. The highest BCUT2D eigenvalue weighted by molar-refractivity contribution is 8.01. The third-order valence-corrected chi connectivity index (χ3v) is 10.6. The van der Waals surface area contributed by atoms with Gasteiger partial charge in [0.2, 0.25) is 0 Å². The zero-order valence-electron chi connectivity index (χ0n) is 26.7. The van der Waals surface area contributed by atoms with Gasteiger partial charge in [-0.1, -0.05) is 68.5 Å². The molecule has 4 N–H and O–H groups in total. The predicted molar refractivity (Wildman–Crippen MR) is 190 cm³/mol. The van der Waals surface area contributed by atoms with Crippen molar-refractivity contribution in [2.75, 3.05) is 32.8 Å². The molecule has 238 valence electrons. The second kappa shape index (κ2) is 17.2. The Hall–Kier alpha value is -1.84. The van der Waals surface area contributed by atoms with Crippen molar-refractivity contribution in [3.8, 4) is 11.1 Å². The lowest BCUT2D eigenvalue weighted by atomic mass is 9.88. The molecule has 0 amide bonds. The molecule has 2 aromatic rings. The Morgan fingerprint density at radius 3 is 2.68 bits per heavy atom. The number of allylic oxidation sites excluding steroid dienone is 5. The van der Waals surface area contributed by atoms with Crippen LogP contribution in [0, 0.1) is 5.92 Å². The fraction of sp³-hybridized carbons (Fsp3) is 0.514. The summed E-state index contributed by atoms with van der Waals surface area (Å²) in [6.07, 6.45) is 18.0. The van der Waals surface area contributed by atoms with Crippen LogP contribution in [0.1, 0.15) is 70.8 Å². The SMILES string of the molecule is CC(C)CCNCc1ccc(-c2cccc(SN3CCC4(CC3)CC(NCCCCC3=CC(SN)=CCC=C3)CO4)c2)cc1. The number of nitrogens with two attached hydrogens (primary N) is 1. The first-order valence-electron chi connectivity index (χ1n) is 16.6. The largest absolute Gasteiger partial charge is 0.373 e. The van der Waals surface area contributed by atoms with Crippen LogP contribution in [0.3, 0.4) is 0 Å². The minimum absolute atomic E-state index is 0.0561. The van der Waals surface area contributed by atoms with Crippen LogP contribution in [0.15, 0.2) is 88.2 Å². The Morgan fingerprint density at radius 2 is 1.89 bits per heavy atom. The molecular weight excluding hydrogens is 581 g/mol. The molecule has 2 aliphatic heterocycles. The number of ether oxygens (including phenoxy) is 1. The molecule has 0 bridgehead atoms. The fourth-order valence-electron chi connectivity index (χ4n) is 6.32. The van der Waals surface area contributed by atoms with Crippen molar-refractivity contribution in [1.29, 1.82) is 0 Å². The van der Waals surface area contributed by atoms with Gasteiger partial charge in [0.25, 0.3) is 0 Å². The minimum atomic E-state index is 0.0561. The molecular formula is C37H52N4OS2. The Labute approximate surface area is 274 Å². The second-order valence-electron chi connectivity index (χ2n) is 13.0.